The highest BCUT2D eigenvalue weighted by Crippen LogP contribution is 2.33. The number of aryl methyl sites for hydroxylation is 1. The molecule has 0 aliphatic heterocycles. The molecule has 9 heteroatoms. The summed E-state index contributed by atoms with van der Waals surface area (Å²) < 4.78 is 51.8. The number of hydrogen-bond acceptors (Lipinski definition) is 3. The number of nitrogens with zero attached hydrogens (tertiary/aromatic N) is 2. The summed E-state index contributed by atoms with van der Waals surface area (Å²) in [6.07, 6.45) is 0.0615. The summed E-state index contributed by atoms with van der Waals surface area (Å²) in [4.78, 5) is 0.379. The third-order valence-corrected chi connectivity index (χ3v) is 6.31. The van der Waals surface area contributed by atoms with Gasteiger partial charge >= 0.3 is 6.18 Å². The van der Waals surface area contributed by atoms with E-state index in [2.05, 4.69) is 12.0 Å². The zero-order valence-electron chi connectivity index (χ0n) is 22.5. The van der Waals surface area contributed by atoms with Gasteiger partial charge in [0.15, 0.2) is 5.69 Å². The van der Waals surface area contributed by atoms with E-state index >= 15 is 0 Å². The van der Waals surface area contributed by atoms with Crippen molar-refractivity contribution < 1.29 is 22.5 Å². The molecule has 0 amide bonds. The third-order valence-electron chi connectivity index (χ3n) is 5.57. The highest BCUT2D eigenvalue weighted by molar-refractivity contribution is 7.82. The first-order chi connectivity index (χ1) is 17.5. The molecule has 206 valence electrons. The van der Waals surface area contributed by atoms with Crippen molar-refractivity contribution in [2.24, 2.45) is 11.1 Å². The van der Waals surface area contributed by atoms with Gasteiger partial charge in [-0.05, 0) is 56.0 Å². The van der Waals surface area contributed by atoms with Crippen LogP contribution in [-0.4, -0.2) is 25.2 Å². The molecule has 1 aliphatic carbocycles. The molecule has 1 aromatic heterocycles. The zero-order valence-corrected chi connectivity index (χ0v) is 23.4. The molecule has 1 aliphatic rings. The second-order valence-electron chi connectivity index (χ2n) is 8.41. The summed E-state index contributed by atoms with van der Waals surface area (Å²) >= 11 is 0. The lowest BCUT2D eigenvalue weighted by atomic mass is 9.89. The van der Waals surface area contributed by atoms with Crippen molar-refractivity contribution in [3.8, 4) is 16.9 Å². The minimum absolute atomic E-state index is 0.0127. The van der Waals surface area contributed by atoms with Crippen LogP contribution in [-0.2, 0) is 17.2 Å². The summed E-state index contributed by atoms with van der Waals surface area (Å²) in [5.41, 5.74) is 1.37. The van der Waals surface area contributed by atoms with E-state index in [1.54, 1.807) is 12.1 Å². The van der Waals surface area contributed by atoms with Crippen LogP contribution in [0.25, 0.3) is 16.9 Å². The number of halogens is 3. The molecule has 3 aromatic rings. The molecule has 0 radical (unpaired) electrons. The quantitative estimate of drug-likeness (QED) is 0.363. The van der Waals surface area contributed by atoms with E-state index in [1.807, 2.05) is 46.8 Å². The van der Waals surface area contributed by atoms with Gasteiger partial charge in [0.2, 0.25) is 0 Å². The van der Waals surface area contributed by atoms with E-state index < -0.39 is 22.9 Å². The first kappa shape index (κ1) is 32.5. The van der Waals surface area contributed by atoms with Gasteiger partial charge in [-0.1, -0.05) is 77.3 Å². The van der Waals surface area contributed by atoms with Crippen LogP contribution in [0.4, 0.5) is 13.2 Å². The fraction of sp³-hybridized carbons (Fsp3) is 0.464. The molecule has 1 saturated carbocycles. The van der Waals surface area contributed by atoms with Gasteiger partial charge in [-0.2, -0.15) is 18.3 Å². The van der Waals surface area contributed by atoms with Gasteiger partial charge < -0.3 is 5.11 Å². The zero-order chi connectivity index (χ0) is 28.2. The molecule has 5 nitrogen and oxygen atoms in total. The second kappa shape index (κ2) is 15.7. The summed E-state index contributed by atoms with van der Waals surface area (Å²) in [6, 6.07) is 14.2. The molecular formula is C28H40F3N3O2S. The van der Waals surface area contributed by atoms with Gasteiger partial charge in [-0.25, -0.2) is 14.0 Å². The second-order valence-corrected chi connectivity index (χ2v) is 9.47. The highest BCUT2D eigenvalue weighted by Gasteiger charge is 2.35. The van der Waals surface area contributed by atoms with Crippen LogP contribution in [0.15, 0.2) is 59.5 Å². The fourth-order valence-electron chi connectivity index (χ4n) is 3.77. The third kappa shape index (κ3) is 10.1. The lowest BCUT2D eigenvalue weighted by Gasteiger charge is -2.21. The standard InChI is InChI=1S/C17H14F3N3OS.C7H14O.2C2H6/c1-11-2-4-12(5-3-11)15-10-16(17(18,19)20)22-23(15)13-6-8-14(9-7-13)25(21)24;1-6-3-2-4-7(8)5-6;2*1-2/h2-10H,21H2,1H3;6-8H,2-5H2,1H3;2*1-2H3. The predicted molar refractivity (Wildman–Crippen MR) is 146 cm³/mol. The molecule has 0 spiro atoms. The normalized spacial score (nSPS) is 17.7. The minimum atomic E-state index is -4.55. The van der Waals surface area contributed by atoms with E-state index in [0.29, 0.717) is 21.8 Å². The Balaban J connectivity index is 0.000000478. The molecule has 3 atom stereocenters. The molecule has 3 unspecified atom stereocenters. The molecule has 1 heterocycles. The van der Waals surface area contributed by atoms with Crippen LogP contribution in [0.1, 0.15) is 71.6 Å². The van der Waals surface area contributed by atoms with Crippen molar-refractivity contribution >= 4 is 11.0 Å². The Morgan fingerprint density at radius 1 is 1.00 bits per heavy atom. The SMILES string of the molecule is CC.CC.CC1CCCC(O)C1.Cc1ccc(-c2cc(C(F)(F)F)nn2-c2ccc(S(N)=O)cc2)cc1. The number of nitrogens with two attached hydrogens (primary N) is 1. The Bertz CT molecular complexity index is 1070. The number of benzene rings is 2. The molecule has 2 aromatic carbocycles. The Morgan fingerprint density at radius 2 is 1.57 bits per heavy atom. The Labute approximate surface area is 221 Å². The fourth-order valence-corrected chi connectivity index (χ4v) is 4.17. The molecule has 0 saturated heterocycles. The molecule has 3 N–H and O–H groups in total. The summed E-state index contributed by atoms with van der Waals surface area (Å²) in [7, 11) is -1.66. The first-order valence-corrected chi connectivity index (χ1v) is 13.9. The maximum Gasteiger partial charge on any atom is 0.435 e. The summed E-state index contributed by atoms with van der Waals surface area (Å²) in [5, 5.41) is 18.1. The lowest BCUT2D eigenvalue weighted by Crippen LogP contribution is -2.16. The highest BCUT2D eigenvalue weighted by atomic mass is 32.2. The molecular weight excluding hydrogens is 499 g/mol. The van der Waals surface area contributed by atoms with Gasteiger partial charge in [-0.3, -0.25) is 0 Å². The van der Waals surface area contributed by atoms with Crippen molar-refractivity contribution in [1.82, 2.24) is 9.78 Å². The molecule has 37 heavy (non-hydrogen) atoms. The van der Waals surface area contributed by atoms with Crippen molar-refractivity contribution in [3.05, 3.63) is 65.9 Å². The van der Waals surface area contributed by atoms with E-state index in [0.717, 1.165) is 30.4 Å². The molecule has 1 fully saturated rings. The van der Waals surface area contributed by atoms with Crippen LogP contribution in [0.2, 0.25) is 0 Å². The van der Waals surface area contributed by atoms with Crippen LogP contribution in [0, 0.1) is 12.8 Å². The first-order valence-electron chi connectivity index (χ1n) is 12.7. The number of alkyl halides is 3. The average molecular weight is 540 g/mol. The molecule has 0 bridgehead atoms. The Kier molecular flexibility index (Phi) is 13.8. The van der Waals surface area contributed by atoms with Crippen LogP contribution in [0.5, 0.6) is 0 Å². The smallest absolute Gasteiger partial charge is 0.393 e. The lowest BCUT2D eigenvalue weighted by molar-refractivity contribution is -0.141. The summed E-state index contributed by atoms with van der Waals surface area (Å²) in [6.45, 7) is 12.1. The topological polar surface area (TPSA) is 81.1 Å². The van der Waals surface area contributed by atoms with Crippen LogP contribution < -0.4 is 5.14 Å². The number of aliphatic hydroxyl groups is 1. The maximum atomic E-state index is 13.1. The van der Waals surface area contributed by atoms with Crippen LogP contribution in [0.3, 0.4) is 0 Å². The maximum absolute atomic E-state index is 13.1. The van der Waals surface area contributed by atoms with Gasteiger partial charge in [-0.15, -0.1) is 0 Å². The van der Waals surface area contributed by atoms with Crippen molar-refractivity contribution in [1.29, 1.82) is 0 Å². The van der Waals surface area contributed by atoms with Gasteiger partial charge in [0.25, 0.3) is 0 Å². The number of aliphatic hydroxyl groups excluding tert-OH is 1. The van der Waals surface area contributed by atoms with Crippen molar-refractivity contribution in [2.75, 3.05) is 0 Å². The molecule has 4 rings (SSSR count). The van der Waals surface area contributed by atoms with Gasteiger partial charge in [0.1, 0.15) is 11.0 Å². The largest absolute Gasteiger partial charge is 0.435 e. The van der Waals surface area contributed by atoms with Gasteiger partial charge in [0.05, 0.1) is 22.4 Å². The summed E-state index contributed by atoms with van der Waals surface area (Å²) in [5.74, 6) is 0.763. The van der Waals surface area contributed by atoms with Crippen LogP contribution >= 0.6 is 0 Å². The van der Waals surface area contributed by atoms with E-state index in [1.165, 1.54) is 41.8 Å². The average Bonchev–Trinajstić information content (AvgIpc) is 3.34. The Morgan fingerprint density at radius 3 is 2.00 bits per heavy atom. The number of aromatic nitrogens is 2. The van der Waals surface area contributed by atoms with Crippen molar-refractivity contribution in [2.45, 2.75) is 84.4 Å². The van der Waals surface area contributed by atoms with E-state index in [-0.39, 0.29) is 6.10 Å². The Hall–Kier alpha value is -2.49. The van der Waals surface area contributed by atoms with Gasteiger partial charge in [0, 0.05) is 5.56 Å². The number of hydrogen-bond donors (Lipinski definition) is 2. The van der Waals surface area contributed by atoms with E-state index in [4.69, 9.17) is 10.2 Å². The monoisotopic (exact) mass is 539 g/mol. The van der Waals surface area contributed by atoms with E-state index in [9.17, 15) is 17.4 Å². The van der Waals surface area contributed by atoms with Crippen molar-refractivity contribution in [3.63, 3.8) is 0 Å². The predicted octanol–water partition coefficient (Wildman–Crippen LogP) is 7.46. The minimum Gasteiger partial charge on any atom is -0.393 e. The number of rotatable bonds is 3.